The van der Waals surface area contributed by atoms with Gasteiger partial charge in [-0.05, 0) is 12.5 Å². The van der Waals surface area contributed by atoms with Crippen molar-refractivity contribution in [3.63, 3.8) is 0 Å². The molecule has 1 unspecified atom stereocenters. The lowest BCUT2D eigenvalue weighted by Gasteiger charge is -2.26. The van der Waals surface area contributed by atoms with Crippen LogP contribution in [-0.2, 0) is 16.1 Å². The molecular weight excluding hydrogens is 263 g/mol. The van der Waals surface area contributed by atoms with Gasteiger partial charge in [-0.1, -0.05) is 30.3 Å². The van der Waals surface area contributed by atoms with E-state index in [9.17, 15) is 22.8 Å². The lowest BCUT2D eigenvalue weighted by molar-refractivity contribution is -0.223. The number of hydrogen-bond donors (Lipinski definition) is 2. The summed E-state index contributed by atoms with van der Waals surface area (Å²) in [6.07, 6.45) is -5.17. The molecule has 1 amide bonds. The van der Waals surface area contributed by atoms with Crippen LogP contribution in [0, 0.1) is 5.41 Å². The van der Waals surface area contributed by atoms with E-state index in [0.29, 0.717) is 12.5 Å². The van der Waals surface area contributed by atoms with Crippen LogP contribution in [0.25, 0.3) is 0 Å². The molecule has 19 heavy (non-hydrogen) atoms. The first-order valence-corrected chi connectivity index (χ1v) is 5.32. The first-order valence-electron chi connectivity index (χ1n) is 5.32. The number of benzene rings is 1. The van der Waals surface area contributed by atoms with Crippen LogP contribution in [0.3, 0.4) is 0 Å². The molecule has 2 N–H and O–H groups in total. The van der Waals surface area contributed by atoms with Crippen LogP contribution in [0.5, 0.6) is 0 Å². The maximum atomic E-state index is 12.7. The predicted octanol–water partition coefficient (Wildman–Crippen LogP) is 1.96. The Morgan fingerprint density at radius 3 is 2.16 bits per heavy atom. The third-order valence-corrected chi connectivity index (χ3v) is 2.74. The zero-order chi connectivity index (χ0) is 14.7. The Kier molecular flexibility index (Phi) is 4.18. The van der Waals surface area contributed by atoms with E-state index < -0.39 is 23.5 Å². The number of aliphatic carboxylic acids is 1. The molecule has 0 bridgehead atoms. The van der Waals surface area contributed by atoms with Crippen molar-refractivity contribution in [2.45, 2.75) is 19.6 Å². The molecule has 104 valence electrons. The number of carbonyl (C=O) groups is 2. The minimum Gasteiger partial charge on any atom is -0.480 e. The molecule has 0 radical (unpaired) electrons. The summed E-state index contributed by atoms with van der Waals surface area (Å²) in [4.78, 5) is 22.3. The summed E-state index contributed by atoms with van der Waals surface area (Å²) in [5, 5.41) is 10.6. The van der Waals surface area contributed by atoms with E-state index in [2.05, 4.69) is 0 Å². The molecule has 1 aromatic rings. The van der Waals surface area contributed by atoms with E-state index >= 15 is 0 Å². The summed E-state index contributed by atoms with van der Waals surface area (Å²) < 4.78 is 38.1. The number of carboxylic acid groups (broad SMARTS) is 1. The largest absolute Gasteiger partial charge is 0.480 e. The second kappa shape index (κ2) is 5.29. The van der Waals surface area contributed by atoms with E-state index in [1.165, 1.54) is 0 Å². The minimum absolute atomic E-state index is 0.168. The molecule has 1 atom stereocenters. The van der Waals surface area contributed by atoms with Crippen LogP contribution in [0.1, 0.15) is 12.5 Å². The van der Waals surface area contributed by atoms with Gasteiger partial charge in [0.15, 0.2) is 0 Å². The zero-order valence-corrected chi connectivity index (χ0v) is 9.99. The molecule has 0 fully saturated rings. The molecule has 0 spiro atoms. The second-order valence-electron chi connectivity index (χ2n) is 4.10. The maximum absolute atomic E-state index is 12.7. The number of alkyl halides is 3. The van der Waals surface area contributed by atoms with Gasteiger partial charge in [0.05, 0.1) is 0 Å². The fourth-order valence-corrected chi connectivity index (χ4v) is 1.30. The van der Waals surface area contributed by atoms with Gasteiger partial charge in [-0.2, -0.15) is 13.2 Å². The van der Waals surface area contributed by atoms with Crippen LogP contribution >= 0.6 is 0 Å². The number of carbonyl (C=O) groups excluding carboxylic acids is 1. The number of halogens is 3. The van der Waals surface area contributed by atoms with Crippen LogP contribution in [0.4, 0.5) is 13.2 Å². The highest BCUT2D eigenvalue weighted by molar-refractivity contribution is 6.02. The zero-order valence-electron chi connectivity index (χ0n) is 9.99. The van der Waals surface area contributed by atoms with Crippen molar-refractivity contribution in [1.29, 1.82) is 0 Å². The highest BCUT2D eigenvalue weighted by Gasteiger charge is 2.62. The Labute approximate surface area is 107 Å². The third kappa shape index (κ3) is 3.04. The molecule has 0 heterocycles. The molecule has 0 aliphatic heterocycles. The van der Waals surface area contributed by atoms with Gasteiger partial charge in [0, 0.05) is 6.54 Å². The average Bonchev–Trinajstić information content (AvgIpc) is 2.34. The summed E-state index contributed by atoms with van der Waals surface area (Å²) >= 11 is 0. The van der Waals surface area contributed by atoms with Gasteiger partial charge in [-0.25, -0.2) is 0 Å². The normalized spacial score (nSPS) is 14.5. The van der Waals surface area contributed by atoms with Crippen molar-refractivity contribution in [3.8, 4) is 0 Å². The van der Waals surface area contributed by atoms with Gasteiger partial charge in [0.1, 0.15) is 0 Å². The molecular formula is C12H12F3NO3. The lowest BCUT2D eigenvalue weighted by Crippen LogP contribution is -2.53. The summed E-state index contributed by atoms with van der Waals surface area (Å²) in [6, 6.07) is 8.23. The topological polar surface area (TPSA) is 66.4 Å². The summed E-state index contributed by atoms with van der Waals surface area (Å²) in [6.45, 7) is 0.175. The Morgan fingerprint density at radius 2 is 1.74 bits per heavy atom. The SMILES string of the molecule is CC(C(=O)O)(C(=O)NCc1ccccc1)C(F)(F)F. The van der Waals surface area contributed by atoms with Crippen LogP contribution in [-0.4, -0.2) is 23.2 Å². The number of amides is 1. The van der Waals surface area contributed by atoms with E-state index in [1.54, 1.807) is 30.3 Å². The fourth-order valence-electron chi connectivity index (χ4n) is 1.30. The van der Waals surface area contributed by atoms with E-state index in [4.69, 9.17) is 5.11 Å². The average molecular weight is 275 g/mol. The van der Waals surface area contributed by atoms with Crippen molar-refractivity contribution < 1.29 is 27.9 Å². The molecule has 4 nitrogen and oxygen atoms in total. The molecule has 1 rings (SSSR count). The maximum Gasteiger partial charge on any atom is 0.413 e. The predicted molar refractivity (Wildman–Crippen MR) is 60.1 cm³/mol. The monoisotopic (exact) mass is 275 g/mol. The Morgan fingerprint density at radius 1 is 1.21 bits per heavy atom. The molecule has 0 aliphatic rings. The van der Waals surface area contributed by atoms with Gasteiger partial charge in [0.2, 0.25) is 11.3 Å². The molecule has 0 saturated heterocycles. The van der Waals surface area contributed by atoms with Crippen molar-refractivity contribution in [2.24, 2.45) is 5.41 Å². The third-order valence-electron chi connectivity index (χ3n) is 2.74. The Bertz CT molecular complexity index is 473. The first-order chi connectivity index (χ1) is 8.69. The van der Waals surface area contributed by atoms with Gasteiger partial charge >= 0.3 is 12.1 Å². The van der Waals surface area contributed by atoms with Crippen molar-refractivity contribution in [3.05, 3.63) is 35.9 Å². The van der Waals surface area contributed by atoms with E-state index in [1.807, 2.05) is 5.32 Å². The van der Waals surface area contributed by atoms with E-state index in [-0.39, 0.29) is 6.54 Å². The molecule has 0 aromatic heterocycles. The highest BCUT2D eigenvalue weighted by atomic mass is 19.4. The minimum atomic E-state index is -5.17. The van der Waals surface area contributed by atoms with Gasteiger partial charge < -0.3 is 10.4 Å². The summed E-state index contributed by atoms with van der Waals surface area (Å²) in [5.74, 6) is -3.82. The lowest BCUT2D eigenvalue weighted by atomic mass is 9.88. The van der Waals surface area contributed by atoms with Gasteiger partial charge in [-0.15, -0.1) is 0 Å². The standard InChI is InChI=1S/C12H12F3NO3/c1-11(10(18)19,12(13,14)15)9(17)16-7-8-5-3-2-4-6-8/h2-6H,7H2,1H3,(H,16,17)(H,18,19). The number of hydrogen-bond acceptors (Lipinski definition) is 2. The van der Waals surface area contributed by atoms with Gasteiger partial charge in [-0.3, -0.25) is 9.59 Å². The van der Waals surface area contributed by atoms with Crippen molar-refractivity contribution >= 4 is 11.9 Å². The first kappa shape index (κ1) is 15.0. The fraction of sp³-hybridized carbons (Fsp3) is 0.333. The summed E-state index contributed by atoms with van der Waals surface area (Å²) in [7, 11) is 0. The van der Waals surface area contributed by atoms with E-state index in [0.717, 1.165) is 0 Å². The van der Waals surface area contributed by atoms with Crippen LogP contribution in [0.15, 0.2) is 30.3 Å². The van der Waals surface area contributed by atoms with Gasteiger partial charge in [0.25, 0.3) is 0 Å². The van der Waals surface area contributed by atoms with Crippen LogP contribution < -0.4 is 5.32 Å². The van der Waals surface area contributed by atoms with Crippen LogP contribution in [0.2, 0.25) is 0 Å². The second-order valence-corrected chi connectivity index (χ2v) is 4.10. The molecule has 0 aliphatic carbocycles. The Balaban J connectivity index is 2.83. The number of nitrogens with one attached hydrogen (secondary N) is 1. The number of carboxylic acids is 1. The molecule has 7 heteroatoms. The van der Waals surface area contributed by atoms with Crippen molar-refractivity contribution in [2.75, 3.05) is 0 Å². The quantitative estimate of drug-likeness (QED) is 0.825. The van der Waals surface area contributed by atoms with Crippen molar-refractivity contribution in [1.82, 2.24) is 5.32 Å². The number of rotatable bonds is 4. The molecule has 0 saturated carbocycles. The highest BCUT2D eigenvalue weighted by Crippen LogP contribution is 2.38. The molecule has 1 aromatic carbocycles. The smallest absolute Gasteiger partial charge is 0.413 e. The summed E-state index contributed by atoms with van der Waals surface area (Å²) in [5.41, 5.74) is -2.88. The Hall–Kier alpha value is -2.05.